The standard InChI is InChI=1S/C11H9ClN2O4/c1-5-4-6(2-3-7(5)14(17)18)8-9(12)11(16)13-10(8)15/h2-4,8-9H,1H3,(H,13,15,16). The minimum absolute atomic E-state index is 0.0328. The van der Waals surface area contributed by atoms with Crippen molar-refractivity contribution in [2.75, 3.05) is 0 Å². The Morgan fingerprint density at radius 2 is 2.00 bits per heavy atom. The van der Waals surface area contributed by atoms with Crippen molar-refractivity contribution >= 4 is 29.1 Å². The van der Waals surface area contributed by atoms with E-state index in [0.29, 0.717) is 11.1 Å². The fraction of sp³-hybridized carbons (Fsp3) is 0.273. The van der Waals surface area contributed by atoms with Crippen LogP contribution in [0.1, 0.15) is 17.0 Å². The third-order valence-corrected chi connectivity index (χ3v) is 3.30. The second-order valence-corrected chi connectivity index (χ2v) is 4.51. The highest BCUT2D eigenvalue weighted by molar-refractivity contribution is 6.37. The number of imide groups is 1. The van der Waals surface area contributed by atoms with Gasteiger partial charge in [-0.3, -0.25) is 25.0 Å². The van der Waals surface area contributed by atoms with Crippen LogP contribution in [-0.2, 0) is 9.59 Å². The van der Waals surface area contributed by atoms with E-state index in [0.717, 1.165) is 0 Å². The fourth-order valence-corrected chi connectivity index (χ4v) is 2.26. The van der Waals surface area contributed by atoms with E-state index in [1.165, 1.54) is 18.2 Å². The van der Waals surface area contributed by atoms with Crippen molar-refractivity contribution < 1.29 is 14.5 Å². The topological polar surface area (TPSA) is 89.3 Å². The Labute approximate surface area is 107 Å². The van der Waals surface area contributed by atoms with Crippen LogP contribution in [0.3, 0.4) is 0 Å². The van der Waals surface area contributed by atoms with Crippen molar-refractivity contribution in [3.8, 4) is 0 Å². The summed E-state index contributed by atoms with van der Waals surface area (Å²) in [6.07, 6.45) is 0. The van der Waals surface area contributed by atoms with E-state index in [1.54, 1.807) is 6.92 Å². The SMILES string of the molecule is Cc1cc(C2C(=O)NC(=O)C2Cl)ccc1[N+](=O)[O-]. The van der Waals surface area contributed by atoms with Gasteiger partial charge in [0.05, 0.1) is 10.8 Å². The summed E-state index contributed by atoms with van der Waals surface area (Å²) in [5, 5.41) is 11.8. The molecule has 2 rings (SSSR count). The van der Waals surface area contributed by atoms with E-state index in [4.69, 9.17) is 11.6 Å². The van der Waals surface area contributed by atoms with Crippen molar-refractivity contribution in [1.29, 1.82) is 0 Å². The van der Waals surface area contributed by atoms with Gasteiger partial charge in [-0.05, 0) is 18.6 Å². The average Bonchev–Trinajstić information content (AvgIpc) is 2.52. The molecule has 0 saturated carbocycles. The maximum Gasteiger partial charge on any atom is 0.272 e. The summed E-state index contributed by atoms with van der Waals surface area (Å²) in [5.41, 5.74) is 0.893. The summed E-state index contributed by atoms with van der Waals surface area (Å²) >= 11 is 5.85. The van der Waals surface area contributed by atoms with Crippen LogP contribution in [0.5, 0.6) is 0 Å². The number of rotatable bonds is 2. The van der Waals surface area contributed by atoms with Gasteiger partial charge in [-0.25, -0.2) is 0 Å². The number of amides is 2. The van der Waals surface area contributed by atoms with Gasteiger partial charge in [0.2, 0.25) is 11.8 Å². The molecule has 1 heterocycles. The number of carbonyl (C=O) groups excluding carboxylic acids is 2. The molecule has 0 aromatic heterocycles. The molecule has 1 aromatic rings. The van der Waals surface area contributed by atoms with Gasteiger partial charge >= 0.3 is 0 Å². The largest absolute Gasteiger partial charge is 0.295 e. The Bertz CT molecular complexity index is 558. The molecule has 1 fully saturated rings. The van der Waals surface area contributed by atoms with Gasteiger partial charge in [-0.15, -0.1) is 11.6 Å². The zero-order chi connectivity index (χ0) is 13.4. The van der Waals surface area contributed by atoms with E-state index >= 15 is 0 Å². The lowest BCUT2D eigenvalue weighted by atomic mass is 9.95. The molecular weight excluding hydrogens is 260 g/mol. The number of nitrogens with one attached hydrogen (secondary N) is 1. The van der Waals surface area contributed by atoms with Gasteiger partial charge < -0.3 is 0 Å². The van der Waals surface area contributed by atoms with Crippen molar-refractivity contribution in [3.63, 3.8) is 0 Å². The van der Waals surface area contributed by atoms with Crippen molar-refractivity contribution in [2.24, 2.45) is 0 Å². The molecule has 7 heteroatoms. The van der Waals surface area contributed by atoms with Crippen LogP contribution in [-0.4, -0.2) is 22.1 Å². The molecule has 0 radical (unpaired) electrons. The Morgan fingerprint density at radius 1 is 1.33 bits per heavy atom. The number of nitrogens with zero attached hydrogens (tertiary/aromatic N) is 1. The second kappa shape index (κ2) is 4.38. The number of halogens is 1. The first kappa shape index (κ1) is 12.5. The Morgan fingerprint density at radius 3 is 2.44 bits per heavy atom. The Balaban J connectivity index is 2.41. The van der Waals surface area contributed by atoms with Gasteiger partial charge in [-0.2, -0.15) is 0 Å². The number of hydrogen-bond donors (Lipinski definition) is 1. The Kier molecular flexibility index (Phi) is 3.04. The van der Waals surface area contributed by atoms with Gasteiger partial charge in [0.25, 0.3) is 5.69 Å². The molecule has 1 saturated heterocycles. The minimum Gasteiger partial charge on any atom is -0.295 e. The quantitative estimate of drug-likeness (QED) is 0.378. The number of nitro benzene ring substituents is 1. The van der Waals surface area contributed by atoms with Gasteiger partial charge in [-0.1, -0.05) is 6.07 Å². The monoisotopic (exact) mass is 268 g/mol. The van der Waals surface area contributed by atoms with Crippen LogP contribution in [0, 0.1) is 17.0 Å². The summed E-state index contributed by atoms with van der Waals surface area (Å²) in [5.74, 6) is -1.81. The number of aryl methyl sites for hydroxylation is 1. The number of nitro groups is 1. The van der Waals surface area contributed by atoms with E-state index in [-0.39, 0.29) is 5.69 Å². The van der Waals surface area contributed by atoms with Crippen LogP contribution in [0.2, 0.25) is 0 Å². The molecule has 0 aliphatic carbocycles. The first-order chi connectivity index (χ1) is 8.41. The third-order valence-electron chi connectivity index (χ3n) is 2.85. The van der Waals surface area contributed by atoms with E-state index in [9.17, 15) is 19.7 Å². The normalized spacial score (nSPS) is 23.0. The van der Waals surface area contributed by atoms with Crippen LogP contribution >= 0.6 is 11.6 Å². The van der Waals surface area contributed by atoms with Crippen LogP contribution < -0.4 is 5.32 Å². The smallest absolute Gasteiger partial charge is 0.272 e. The summed E-state index contributed by atoms with van der Waals surface area (Å²) in [6, 6.07) is 4.27. The van der Waals surface area contributed by atoms with Gasteiger partial charge in [0.1, 0.15) is 5.38 Å². The predicted molar refractivity (Wildman–Crippen MR) is 63.4 cm³/mol. The predicted octanol–water partition coefficient (Wildman–Crippen LogP) is 1.25. The molecule has 1 aliphatic rings. The zero-order valence-electron chi connectivity index (χ0n) is 9.34. The van der Waals surface area contributed by atoms with Crippen molar-refractivity contribution in [1.82, 2.24) is 5.32 Å². The zero-order valence-corrected chi connectivity index (χ0v) is 10.1. The minimum atomic E-state index is -0.974. The lowest BCUT2D eigenvalue weighted by Crippen LogP contribution is -2.22. The second-order valence-electron chi connectivity index (χ2n) is 4.04. The molecule has 2 amide bonds. The average molecular weight is 269 g/mol. The molecule has 2 atom stereocenters. The van der Waals surface area contributed by atoms with E-state index < -0.39 is 28.0 Å². The first-order valence-electron chi connectivity index (χ1n) is 5.15. The number of benzene rings is 1. The summed E-state index contributed by atoms with van der Waals surface area (Å²) < 4.78 is 0. The summed E-state index contributed by atoms with van der Waals surface area (Å²) in [4.78, 5) is 33.0. The number of carbonyl (C=O) groups is 2. The molecular formula is C11H9ClN2O4. The Hall–Kier alpha value is -1.95. The molecule has 6 nitrogen and oxygen atoms in total. The van der Waals surface area contributed by atoms with Crippen molar-refractivity contribution in [2.45, 2.75) is 18.2 Å². The molecule has 2 unspecified atom stereocenters. The number of hydrogen-bond acceptors (Lipinski definition) is 4. The fourth-order valence-electron chi connectivity index (χ4n) is 1.95. The maximum absolute atomic E-state index is 11.6. The number of alkyl halides is 1. The molecule has 1 N–H and O–H groups in total. The lowest BCUT2D eigenvalue weighted by Gasteiger charge is -2.10. The highest BCUT2D eigenvalue weighted by atomic mass is 35.5. The molecule has 94 valence electrons. The van der Waals surface area contributed by atoms with Crippen LogP contribution in [0.15, 0.2) is 18.2 Å². The maximum atomic E-state index is 11.6. The van der Waals surface area contributed by atoms with Crippen LogP contribution in [0.25, 0.3) is 0 Å². The molecule has 1 aliphatic heterocycles. The van der Waals surface area contributed by atoms with Gasteiger partial charge in [0.15, 0.2) is 0 Å². The van der Waals surface area contributed by atoms with Crippen LogP contribution in [0.4, 0.5) is 5.69 Å². The van der Waals surface area contributed by atoms with Gasteiger partial charge in [0, 0.05) is 11.6 Å². The van der Waals surface area contributed by atoms with Crippen molar-refractivity contribution in [3.05, 3.63) is 39.4 Å². The molecule has 0 spiro atoms. The summed E-state index contributed by atoms with van der Waals surface area (Å²) in [6.45, 7) is 1.57. The molecule has 1 aromatic carbocycles. The highest BCUT2D eigenvalue weighted by Gasteiger charge is 2.41. The lowest BCUT2D eigenvalue weighted by molar-refractivity contribution is -0.385. The highest BCUT2D eigenvalue weighted by Crippen LogP contribution is 2.31. The molecule has 0 bridgehead atoms. The summed E-state index contributed by atoms with van der Waals surface area (Å²) in [7, 11) is 0. The van der Waals surface area contributed by atoms with E-state index in [1.807, 2.05) is 0 Å². The molecule has 18 heavy (non-hydrogen) atoms. The third kappa shape index (κ3) is 1.95. The van der Waals surface area contributed by atoms with E-state index in [2.05, 4.69) is 5.32 Å². The first-order valence-corrected chi connectivity index (χ1v) is 5.59.